The normalized spacial score (nSPS) is 11.1. The second-order valence-electron chi connectivity index (χ2n) is 6.24. The first kappa shape index (κ1) is 16.0. The molecular formula is C18H22N2O2. The molecule has 0 aliphatic rings. The van der Waals surface area contributed by atoms with Crippen LogP contribution >= 0.6 is 0 Å². The molecule has 0 fully saturated rings. The molecule has 1 aromatic carbocycles. The van der Waals surface area contributed by atoms with Gasteiger partial charge in [0, 0.05) is 31.5 Å². The Hall–Kier alpha value is -2.36. The van der Waals surface area contributed by atoms with Gasteiger partial charge in [-0.25, -0.2) is 4.79 Å². The number of hydrogen-bond acceptors (Lipinski definition) is 3. The highest BCUT2D eigenvalue weighted by Crippen LogP contribution is 2.23. The van der Waals surface area contributed by atoms with Crippen molar-refractivity contribution < 1.29 is 9.53 Å². The second kappa shape index (κ2) is 6.60. The third kappa shape index (κ3) is 4.32. The van der Waals surface area contributed by atoms with E-state index in [9.17, 15) is 4.79 Å². The van der Waals surface area contributed by atoms with Crippen LogP contribution in [0.2, 0.25) is 0 Å². The Morgan fingerprint density at radius 3 is 2.50 bits per heavy atom. The van der Waals surface area contributed by atoms with Crippen LogP contribution in [0.25, 0.3) is 11.1 Å². The zero-order valence-electron chi connectivity index (χ0n) is 13.5. The zero-order valence-corrected chi connectivity index (χ0v) is 13.5. The fourth-order valence-electron chi connectivity index (χ4n) is 2.10. The summed E-state index contributed by atoms with van der Waals surface area (Å²) in [6.45, 7) is 6.06. The maximum atomic E-state index is 12.1. The summed E-state index contributed by atoms with van der Waals surface area (Å²) in [5, 5.41) is 0. The first-order valence-electron chi connectivity index (χ1n) is 7.29. The highest BCUT2D eigenvalue weighted by molar-refractivity contribution is 5.70. The Bertz CT molecular complexity index is 633. The van der Waals surface area contributed by atoms with Gasteiger partial charge < -0.3 is 9.64 Å². The summed E-state index contributed by atoms with van der Waals surface area (Å²) in [6, 6.07) is 12.0. The van der Waals surface area contributed by atoms with Crippen LogP contribution in [0.1, 0.15) is 26.3 Å². The van der Waals surface area contributed by atoms with Gasteiger partial charge in [0.15, 0.2) is 0 Å². The molecule has 1 heterocycles. The average molecular weight is 298 g/mol. The van der Waals surface area contributed by atoms with Crippen LogP contribution in [0.4, 0.5) is 4.79 Å². The van der Waals surface area contributed by atoms with Crippen LogP contribution in [0.5, 0.6) is 0 Å². The number of aromatic nitrogens is 1. The second-order valence-corrected chi connectivity index (χ2v) is 6.24. The Balaban J connectivity index is 2.19. The Kier molecular flexibility index (Phi) is 4.81. The van der Waals surface area contributed by atoms with E-state index in [0.717, 1.165) is 16.7 Å². The molecule has 22 heavy (non-hydrogen) atoms. The highest BCUT2D eigenvalue weighted by atomic mass is 16.6. The van der Waals surface area contributed by atoms with Gasteiger partial charge in [-0.1, -0.05) is 30.3 Å². The molecule has 0 bridgehead atoms. The average Bonchev–Trinajstić information content (AvgIpc) is 2.47. The number of carbonyl (C=O) groups excluding carboxylic acids is 1. The van der Waals surface area contributed by atoms with E-state index in [-0.39, 0.29) is 6.09 Å². The lowest BCUT2D eigenvalue weighted by Crippen LogP contribution is -2.33. The van der Waals surface area contributed by atoms with E-state index in [4.69, 9.17) is 4.74 Å². The van der Waals surface area contributed by atoms with Crippen LogP contribution in [-0.2, 0) is 11.3 Å². The molecule has 2 aromatic rings. The summed E-state index contributed by atoms with van der Waals surface area (Å²) in [5.41, 5.74) is 2.66. The van der Waals surface area contributed by atoms with Gasteiger partial charge in [0.25, 0.3) is 0 Å². The molecule has 116 valence electrons. The first-order valence-corrected chi connectivity index (χ1v) is 7.29. The molecule has 0 unspecified atom stereocenters. The molecular weight excluding hydrogens is 276 g/mol. The summed E-state index contributed by atoms with van der Waals surface area (Å²) < 4.78 is 5.39. The molecule has 0 N–H and O–H groups in total. The van der Waals surface area contributed by atoms with Gasteiger partial charge in [-0.3, -0.25) is 4.98 Å². The monoisotopic (exact) mass is 298 g/mol. The number of nitrogens with zero attached hydrogens (tertiary/aromatic N) is 2. The predicted octanol–water partition coefficient (Wildman–Crippen LogP) is 4.12. The molecule has 4 heteroatoms. The molecule has 0 atom stereocenters. The van der Waals surface area contributed by atoms with E-state index in [1.165, 1.54) is 0 Å². The summed E-state index contributed by atoms with van der Waals surface area (Å²) >= 11 is 0. The minimum atomic E-state index is -0.494. The quantitative estimate of drug-likeness (QED) is 0.856. The smallest absolute Gasteiger partial charge is 0.410 e. The van der Waals surface area contributed by atoms with E-state index >= 15 is 0 Å². The molecule has 4 nitrogen and oxygen atoms in total. The summed E-state index contributed by atoms with van der Waals surface area (Å²) in [5.74, 6) is 0. The van der Waals surface area contributed by atoms with Crippen molar-refractivity contribution in [2.75, 3.05) is 7.05 Å². The SMILES string of the molecule is CN(Cc1ccncc1-c1ccccc1)C(=O)OC(C)(C)C. The Morgan fingerprint density at radius 2 is 1.86 bits per heavy atom. The Morgan fingerprint density at radius 1 is 1.18 bits per heavy atom. The van der Waals surface area contributed by atoms with Crippen molar-refractivity contribution in [2.45, 2.75) is 32.9 Å². The molecule has 0 aliphatic heterocycles. The number of hydrogen-bond donors (Lipinski definition) is 0. The molecule has 1 amide bonds. The van der Waals surface area contributed by atoms with Crippen LogP contribution in [-0.4, -0.2) is 28.6 Å². The van der Waals surface area contributed by atoms with Crippen molar-refractivity contribution in [3.63, 3.8) is 0 Å². The first-order chi connectivity index (χ1) is 10.4. The summed E-state index contributed by atoms with van der Waals surface area (Å²) in [6.07, 6.45) is 3.24. The van der Waals surface area contributed by atoms with Crippen molar-refractivity contribution in [2.24, 2.45) is 0 Å². The minimum Gasteiger partial charge on any atom is -0.444 e. The third-order valence-corrected chi connectivity index (χ3v) is 3.11. The fourth-order valence-corrected chi connectivity index (χ4v) is 2.10. The number of carbonyl (C=O) groups is 1. The van der Waals surface area contributed by atoms with E-state index in [2.05, 4.69) is 4.98 Å². The van der Waals surface area contributed by atoms with E-state index < -0.39 is 5.60 Å². The van der Waals surface area contributed by atoms with Gasteiger partial charge in [-0.2, -0.15) is 0 Å². The zero-order chi connectivity index (χ0) is 16.2. The van der Waals surface area contributed by atoms with Gasteiger partial charge in [-0.15, -0.1) is 0 Å². The molecule has 0 saturated carbocycles. The van der Waals surface area contributed by atoms with Gasteiger partial charge in [0.05, 0.1) is 0 Å². The van der Waals surface area contributed by atoms with Crippen molar-refractivity contribution in [1.82, 2.24) is 9.88 Å². The highest BCUT2D eigenvalue weighted by Gasteiger charge is 2.20. The molecule has 0 spiro atoms. The maximum absolute atomic E-state index is 12.1. The van der Waals surface area contributed by atoms with Crippen molar-refractivity contribution >= 4 is 6.09 Å². The molecule has 1 aromatic heterocycles. The topological polar surface area (TPSA) is 42.4 Å². The summed E-state index contributed by atoms with van der Waals surface area (Å²) in [4.78, 5) is 17.9. The molecule has 0 aliphatic carbocycles. The fraction of sp³-hybridized carbons (Fsp3) is 0.333. The van der Waals surface area contributed by atoms with Gasteiger partial charge >= 0.3 is 6.09 Å². The van der Waals surface area contributed by atoms with E-state index in [0.29, 0.717) is 6.54 Å². The van der Waals surface area contributed by atoms with Gasteiger partial charge in [0.1, 0.15) is 5.60 Å². The number of benzene rings is 1. The van der Waals surface area contributed by atoms with Crippen LogP contribution < -0.4 is 0 Å². The van der Waals surface area contributed by atoms with Crippen LogP contribution in [0.15, 0.2) is 48.8 Å². The third-order valence-electron chi connectivity index (χ3n) is 3.11. The van der Waals surface area contributed by atoms with Crippen LogP contribution in [0, 0.1) is 0 Å². The predicted molar refractivity (Wildman–Crippen MR) is 87.4 cm³/mol. The lowest BCUT2D eigenvalue weighted by atomic mass is 10.0. The number of rotatable bonds is 3. The molecule has 0 radical (unpaired) electrons. The van der Waals surface area contributed by atoms with Crippen molar-refractivity contribution in [1.29, 1.82) is 0 Å². The van der Waals surface area contributed by atoms with Crippen LogP contribution in [0.3, 0.4) is 0 Å². The van der Waals surface area contributed by atoms with E-state index in [1.807, 2.05) is 63.4 Å². The number of ether oxygens (including phenoxy) is 1. The van der Waals surface area contributed by atoms with Crippen molar-refractivity contribution in [3.05, 3.63) is 54.4 Å². The molecule has 2 rings (SSSR count). The summed E-state index contributed by atoms with van der Waals surface area (Å²) in [7, 11) is 1.74. The lowest BCUT2D eigenvalue weighted by Gasteiger charge is -2.25. The minimum absolute atomic E-state index is 0.330. The van der Waals surface area contributed by atoms with E-state index in [1.54, 1.807) is 18.1 Å². The maximum Gasteiger partial charge on any atom is 0.410 e. The van der Waals surface area contributed by atoms with Gasteiger partial charge in [0.2, 0.25) is 0 Å². The van der Waals surface area contributed by atoms with Crippen molar-refractivity contribution in [3.8, 4) is 11.1 Å². The number of pyridine rings is 1. The largest absolute Gasteiger partial charge is 0.444 e. The molecule has 0 saturated heterocycles. The Labute approximate surface area is 131 Å². The lowest BCUT2D eigenvalue weighted by molar-refractivity contribution is 0.0285. The number of amides is 1. The standard InChI is InChI=1S/C18H22N2O2/c1-18(2,3)22-17(21)20(4)13-15-10-11-19-12-16(15)14-8-6-5-7-9-14/h5-12H,13H2,1-4H3. The van der Waals surface area contributed by atoms with Gasteiger partial charge in [-0.05, 0) is 38.0 Å².